The first-order valence-corrected chi connectivity index (χ1v) is 14.3. The molecule has 204 valence electrons. The zero-order valence-electron chi connectivity index (χ0n) is 22.5. The number of ether oxygens (including phenoxy) is 1. The third-order valence-electron chi connectivity index (χ3n) is 6.51. The van der Waals surface area contributed by atoms with Gasteiger partial charge in [0.25, 0.3) is 0 Å². The van der Waals surface area contributed by atoms with E-state index in [0.717, 1.165) is 33.5 Å². The Morgan fingerprint density at radius 2 is 1.66 bits per heavy atom. The fourth-order valence-corrected chi connectivity index (χ4v) is 5.38. The van der Waals surface area contributed by atoms with Crippen LogP contribution in [0.4, 0.5) is 0 Å². The van der Waals surface area contributed by atoms with Gasteiger partial charge in [0, 0.05) is 20.1 Å². The zero-order chi connectivity index (χ0) is 27.7. The monoisotopic (exact) mass is 539 g/mol. The normalized spacial score (nSPS) is 12.3. The topological polar surface area (TPSA) is 96.0 Å². The number of amides is 2. The van der Waals surface area contributed by atoms with Crippen LogP contribution in [-0.4, -0.2) is 62.7 Å². The minimum absolute atomic E-state index is 0.109. The summed E-state index contributed by atoms with van der Waals surface area (Å²) in [4.78, 5) is 28.3. The number of hydrogen-bond donors (Lipinski definition) is 1. The third-order valence-corrected chi connectivity index (χ3v) is 8.31. The highest BCUT2D eigenvalue weighted by molar-refractivity contribution is 7.89. The Morgan fingerprint density at radius 3 is 2.29 bits per heavy atom. The highest BCUT2D eigenvalue weighted by Gasteiger charge is 2.31. The predicted octanol–water partition coefficient (Wildman–Crippen LogP) is 4.19. The van der Waals surface area contributed by atoms with E-state index in [9.17, 15) is 18.0 Å². The summed E-state index contributed by atoms with van der Waals surface area (Å²) in [6, 6.07) is 18.9. The van der Waals surface area contributed by atoms with Crippen LogP contribution in [0, 0.1) is 0 Å². The first-order chi connectivity index (χ1) is 18.2. The van der Waals surface area contributed by atoms with Crippen LogP contribution < -0.4 is 10.1 Å². The minimum atomic E-state index is -3.94. The Labute approximate surface area is 225 Å². The maximum absolute atomic E-state index is 13.6. The van der Waals surface area contributed by atoms with Gasteiger partial charge in [-0.3, -0.25) is 9.59 Å². The van der Waals surface area contributed by atoms with E-state index in [2.05, 4.69) is 5.32 Å². The van der Waals surface area contributed by atoms with Gasteiger partial charge in [0.2, 0.25) is 21.8 Å². The second kappa shape index (κ2) is 13.4. The van der Waals surface area contributed by atoms with Crippen LogP contribution in [0.5, 0.6) is 5.75 Å². The third kappa shape index (κ3) is 7.11. The lowest BCUT2D eigenvalue weighted by molar-refractivity contribution is -0.141. The molecule has 0 aliphatic heterocycles. The Kier molecular flexibility index (Phi) is 10.3. The van der Waals surface area contributed by atoms with Gasteiger partial charge >= 0.3 is 0 Å². The standard InChI is InChI=1S/C29H37N3O5S/c1-5-7-18-30-29(34)27(6-2)32(20-22-12-15-25(37-4)16-13-22)28(33)21-31(3)38(35,36)26-17-14-23-10-8-9-11-24(23)19-26/h8-17,19,27H,5-7,18,20-21H2,1-4H3,(H,30,34)/t27-/m1/s1. The fourth-order valence-electron chi connectivity index (χ4n) is 4.23. The molecule has 0 saturated carbocycles. The molecule has 1 N–H and O–H groups in total. The van der Waals surface area contributed by atoms with Gasteiger partial charge in [-0.05, 0) is 53.4 Å². The van der Waals surface area contributed by atoms with Gasteiger partial charge in [0.05, 0.1) is 18.6 Å². The van der Waals surface area contributed by atoms with Gasteiger partial charge in [0.1, 0.15) is 11.8 Å². The van der Waals surface area contributed by atoms with E-state index in [4.69, 9.17) is 4.74 Å². The van der Waals surface area contributed by atoms with E-state index in [1.807, 2.05) is 50.2 Å². The minimum Gasteiger partial charge on any atom is -0.497 e. The van der Waals surface area contributed by atoms with Crippen molar-refractivity contribution in [2.75, 3.05) is 27.2 Å². The number of hydrogen-bond acceptors (Lipinski definition) is 5. The molecule has 2 amide bonds. The Hall–Kier alpha value is -3.43. The molecule has 0 unspecified atom stereocenters. The smallest absolute Gasteiger partial charge is 0.243 e. The van der Waals surface area contributed by atoms with Crippen LogP contribution in [0.1, 0.15) is 38.7 Å². The quantitative estimate of drug-likeness (QED) is 0.329. The van der Waals surface area contributed by atoms with Gasteiger partial charge in [-0.2, -0.15) is 4.31 Å². The number of carbonyl (C=O) groups is 2. The van der Waals surface area contributed by atoms with Gasteiger partial charge in [-0.1, -0.05) is 62.7 Å². The number of nitrogens with zero attached hydrogens (tertiary/aromatic N) is 2. The van der Waals surface area contributed by atoms with Crippen LogP contribution in [0.15, 0.2) is 71.6 Å². The molecule has 3 aromatic carbocycles. The second-order valence-electron chi connectivity index (χ2n) is 9.21. The van der Waals surface area contributed by atoms with Crippen molar-refractivity contribution in [3.05, 3.63) is 72.3 Å². The first-order valence-electron chi connectivity index (χ1n) is 12.9. The molecule has 3 rings (SSSR count). The molecule has 8 nitrogen and oxygen atoms in total. The van der Waals surface area contributed by atoms with Crippen LogP contribution >= 0.6 is 0 Å². The van der Waals surface area contributed by atoms with Crippen molar-refractivity contribution in [1.82, 2.24) is 14.5 Å². The number of nitrogens with one attached hydrogen (secondary N) is 1. The van der Waals surface area contributed by atoms with Gasteiger partial charge in [0.15, 0.2) is 0 Å². The van der Waals surface area contributed by atoms with Gasteiger partial charge in [-0.15, -0.1) is 0 Å². The number of rotatable bonds is 13. The van der Waals surface area contributed by atoms with E-state index in [1.54, 1.807) is 37.4 Å². The number of fused-ring (bicyclic) bond motifs is 1. The number of unbranched alkanes of at least 4 members (excludes halogenated alkanes) is 1. The van der Waals surface area contributed by atoms with Crippen molar-refractivity contribution >= 4 is 32.6 Å². The molecule has 3 aromatic rings. The van der Waals surface area contributed by atoms with E-state index in [0.29, 0.717) is 18.7 Å². The molecule has 1 atom stereocenters. The van der Waals surface area contributed by atoms with Crippen LogP contribution in [0.25, 0.3) is 10.8 Å². The highest BCUT2D eigenvalue weighted by atomic mass is 32.2. The first kappa shape index (κ1) is 29.1. The lowest BCUT2D eigenvalue weighted by atomic mass is 10.1. The molecular weight excluding hydrogens is 502 g/mol. The van der Waals surface area contributed by atoms with Crippen LogP contribution in [-0.2, 0) is 26.2 Å². The number of carbonyl (C=O) groups excluding carboxylic acids is 2. The molecule has 0 heterocycles. The van der Waals surface area contributed by atoms with Crippen molar-refractivity contribution in [3.63, 3.8) is 0 Å². The van der Waals surface area contributed by atoms with Crippen molar-refractivity contribution in [2.45, 2.75) is 50.6 Å². The number of methoxy groups -OCH3 is 1. The summed E-state index contributed by atoms with van der Waals surface area (Å²) >= 11 is 0. The largest absolute Gasteiger partial charge is 0.497 e. The van der Waals surface area contributed by atoms with Gasteiger partial charge < -0.3 is 15.0 Å². The lowest BCUT2D eigenvalue weighted by Gasteiger charge is -2.32. The Bertz CT molecular complexity index is 1340. The number of likely N-dealkylation sites (N-methyl/N-ethyl adjacent to an activating group) is 1. The summed E-state index contributed by atoms with van der Waals surface area (Å²) in [6.07, 6.45) is 2.16. The molecule has 9 heteroatoms. The molecule has 0 saturated heterocycles. The Balaban J connectivity index is 1.85. The van der Waals surface area contributed by atoms with E-state index >= 15 is 0 Å². The SMILES string of the molecule is CCCCNC(=O)[C@@H](CC)N(Cc1ccc(OC)cc1)C(=O)CN(C)S(=O)(=O)c1ccc2ccccc2c1. The molecule has 0 fully saturated rings. The average molecular weight is 540 g/mol. The van der Waals surface area contributed by atoms with Crippen LogP contribution in [0.2, 0.25) is 0 Å². The summed E-state index contributed by atoms with van der Waals surface area (Å²) in [5.41, 5.74) is 0.805. The van der Waals surface area contributed by atoms with E-state index < -0.39 is 28.5 Å². The molecule has 0 radical (unpaired) electrons. The highest BCUT2D eigenvalue weighted by Crippen LogP contribution is 2.22. The van der Waals surface area contributed by atoms with Crippen molar-refractivity contribution in [1.29, 1.82) is 0 Å². The van der Waals surface area contributed by atoms with Gasteiger partial charge in [-0.25, -0.2) is 8.42 Å². The van der Waals surface area contributed by atoms with Crippen molar-refractivity contribution in [3.8, 4) is 5.75 Å². The van der Waals surface area contributed by atoms with Crippen molar-refractivity contribution < 1.29 is 22.7 Å². The molecule has 0 spiro atoms. The molecule has 38 heavy (non-hydrogen) atoms. The summed E-state index contributed by atoms with van der Waals surface area (Å²) in [7, 11) is -0.983. The zero-order valence-corrected chi connectivity index (χ0v) is 23.3. The summed E-state index contributed by atoms with van der Waals surface area (Å²) < 4.78 is 33.0. The fraction of sp³-hybridized carbons (Fsp3) is 0.379. The van der Waals surface area contributed by atoms with E-state index in [-0.39, 0.29) is 17.3 Å². The maximum Gasteiger partial charge on any atom is 0.243 e. The molecule has 0 bridgehead atoms. The van der Waals surface area contributed by atoms with Crippen molar-refractivity contribution in [2.24, 2.45) is 0 Å². The summed E-state index contributed by atoms with van der Waals surface area (Å²) in [5.74, 6) is -0.0230. The molecule has 0 aromatic heterocycles. The lowest BCUT2D eigenvalue weighted by Crippen LogP contribution is -2.51. The summed E-state index contributed by atoms with van der Waals surface area (Å²) in [5, 5.41) is 4.64. The predicted molar refractivity (Wildman–Crippen MR) is 149 cm³/mol. The summed E-state index contributed by atoms with van der Waals surface area (Å²) in [6.45, 7) is 4.16. The maximum atomic E-state index is 13.6. The van der Waals surface area contributed by atoms with E-state index in [1.165, 1.54) is 11.9 Å². The average Bonchev–Trinajstić information content (AvgIpc) is 2.93. The number of sulfonamides is 1. The molecule has 0 aliphatic carbocycles. The van der Waals surface area contributed by atoms with Crippen LogP contribution in [0.3, 0.4) is 0 Å². The molecule has 0 aliphatic rings. The Morgan fingerprint density at radius 1 is 0.974 bits per heavy atom. The molecular formula is C29H37N3O5S. The second-order valence-corrected chi connectivity index (χ2v) is 11.3. The number of benzene rings is 3.